The van der Waals surface area contributed by atoms with Crippen molar-refractivity contribution in [2.24, 2.45) is 4.99 Å². The molecule has 0 aliphatic rings. The maximum Gasteiger partial charge on any atom is 0.191 e. The number of aromatic nitrogens is 1. The molecule has 3 rings (SSSR count). The van der Waals surface area contributed by atoms with Crippen LogP contribution in [0.5, 0.6) is 0 Å². The van der Waals surface area contributed by atoms with Crippen molar-refractivity contribution in [1.29, 1.82) is 0 Å². The number of guanidine groups is 1. The van der Waals surface area contributed by atoms with E-state index < -0.39 is 0 Å². The number of para-hydroxylation sites is 1. The van der Waals surface area contributed by atoms with Crippen LogP contribution in [0, 0.1) is 6.92 Å². The van der Waals surface area contributed by atoms with Crippen LogP contribution in [-0.2, 0) is 6.54 Å². The third-order valence-corrected chi connectivity index (χ3v) is 4.44. The first-order valence-electron chi connectivity index (χ1n) is 7.52. The molecule has 2 aromatic heterocycles. The van der Waals surface area contributed by atoms with Crippen molar-refractivity contribution < 1.29 is 4.42 Å². The van der Waals surface area contributed by atoms with Crippen LogP contribution in [0.2, 0.25) is 0 Å². The molecule has 1 unspecified atom stereocenters. The summed E-state index contributed by atoms with van der Waals surface area (Å²) in [5.74, 6) is 1.62. The third kappa shape index (κ3) is 4.47. The third-order valence-electron chi connectivity index (χ3n) is 3.52. The molecule has 0 amide bonds. The monoisotopic (exact) mass is 456 g/mol. The molecule has 0 saturated carbocycles. The number of benzene rings is 1. The zero-order chi connectivity index (χ0) is 16.2. The summed E-state index contributed by atoms with van der Waals surface area (Å²) in [6.07, 6.45) is 1.88. The van der Waals surface area contributed by atoms with Gasteiger partial charge >= 0.3 is 0 Å². The fraction of sp³-hybridized carbons (Fsp3) is 0.294. The molecule has 0 aliphatic heterocycles. The van der Waals surface area contributed by atoms with Gasteiger partial charge in [0, 0.05) is 23.5 Å². The molecule has 0 aliphatic carbocycles. The highest BCUT2D eigenvalue weighted by Gasteiger charge is 2.13. The van der Waals surface area contributed by atoms with Crippen LogP contribution >= 0.6 is 35.3 Å². The number of hydrogen-bond donors (Lipinski definition) is 2. The zero-order valence-electron chi connectivity index (χ0n) is 13.9. The smallest absolute Gasteiger partial charge is 0.191 e. The topological polar surface area (TPSA) is 62.5 Å². The Hall–Kier alpha value is -1.61. The van der Waals surface area contributed by atoms with E-state index in [4.69, 9.17) is 4.42 Å². The van der Waals surface area contributed by atoms with E-state index in [0.717, 1.165) is 27.7 Å². The van der Waals surface area contributed by atoms with Crippen LogP contribution in [0.4, 0.5) is 0 Å². The van der Waals surface area contributed by atoms with Gasteiger partial charge in [-0.05, 0) is 26.0 Å². The molecule has 0 bridgehead atoms. The van der Waals surface area contributed by atoms with Gasteiger partial charge in [0.05, 0.1) is 12.6 Å². The van der Waals surface area contributed by atoms with Gasteiger partial charge in [0.25, 0.3) is 0 Å². The van der Waals surface area contributed by atoms with Crippen LogP contribution in [0.1, 0.15) is 28.6 Å². The maximum absolute atomic E-state index is 5.89. The first kappa shape index (κ1) is 18.7. The van der Waals surface area contributed by atoms with Crippen LogP contribution < -0.4 is 10.6 Å². The predicted molar refractivity (Wildman–Crippen MR) is 110 cm³/mol. The fourth-order valence-corrected chi connectivity index (χ4v) is 3.06. The molecule has 0 radical (unpaired) electrons. The van der Waals surface area contributed by atoms with Crippen LogP contribution in [0.25, 0.3) is 11.0 Å². The van der Waals surface area contributed by atoms with Crippen molar-refractivity contribution in [2.45, 2.75) is 26.4 Å². The summed E-state index contributed by atoms with van der Waals surface area (Å²) in [6, 6.07) is 10.1. The summed E-state index contributed by atoms with van der Waals surface area (Å²) in [5, 5.41) is 8.77. The summed E-state index contributed by atoms with van der Waals surface area (Å²) in [7, 11) is 1.76. The lowest BCUT2D eigenvalue weighted by Gasteiger charge is -2.15. The van der Waals surface area contributed by atoms with Crippen molar-refractivity contribution in [3.63, 3.8) is 0 Å². The van der Waals surface area contributed by atoms with E-state index in [0.29, 0.717) is 6.54 Å². The minimum absolute atomic E-state index is 0. The number of thiazole rings is 1. The SMILES string of the molecule is CN=C(NCc1ncc(C)s1)NC(C)c1cc2ccccc2o1.I. The minimum atomic E-state index is 0. The Morgan fingerprint density at radius 2 is 2.17 bits per heavy atom. The van der Waals surface area contributed by atoms with Gasteiger partial charge in [-0.2, -0.15) is 0 Å². The second kappa shape index (κ2) is 8.48. The summed E-state index contributed by atoms with van der Waals surface area (Å²) in [4.78, 5) is 9.81. The van der Waals surface area contributed by atoms with Gasteiger partial charge in [-0.15, -0.1) is 35.3 Å². The number of halogens is 1. The Kier molecular flexibility index (Phi) is 6.61. The van der Waals surface area contributed by atoms with Crippen LogP contribution in [-0.4, -0.2) is 18.0 Å². The van der Waals surface area contributed by atoms with Crippen molar-refractivity contribution in [1.82, 2.24) is 15.6 Å². The van der Waals surface area contributed by atoms with Crippen LogP contribution in [0.15, 0.2) is 45.9 Å². The quantitative estimate of drug-likeness (QED) is 0.350. The molecule has 5 nitrogen and oxygen atoms in total. The lowest BCUT2D eigenvalue weighted by atomic mass is 10.2. The summed E-state index contributed by atoms with van der Waals surface area (Å²) >= 11 is 1.68. The summed E-state index contributed by atoms with van der Waals surface area (Å²) < 4.78 is 5.89. The van der Waals surface area contributed by atoms with E-state index in [1.807, 2.05) is 30.5 Å². The number of nitrogens with zero attached hydrogens (tertiary/aromatic N) is 2. The molecule has 2 heterocycles. The maximum atomic E-state index is 5.89. The van der Waals surface area contributed by atoms with Gasteiger partial charge in [-0.25, -0.2) is 4.98 Å². The molecule has 7 heteroatoms. The van der Waals surface area contributed by atoms with Gasteiger partial charge in [0.1, 0.15) is 16.4 Å². The lowest BCUT2D eigenvalue weighted by molar-refractivity contribution is 0.488. The normalized spacial score (nSPS) is 12.7. The predicted octanol–water partition coefficient (Wildman–Crippen LogP) is 4.24. The van der Waals surface area contributed by atoms with E-state index in [1.165, 1.54) is 4.88 Å². The number of hydrogen-bond acceptors (Lipinski definition) is 4. The molecule has 2 N–H and O–H groups in total. The van der Waals surface area contributed by atoms with E-state index in [-0.39, 0.29) is 30.0 Å². The molecular weight excluding hydrogens is 435 g/mol. The summed E-state index contributed by atoms with van der Waals surface area (Å²) in [5.41, 5.74) is 0.900. The van der Waals surface area contributed by atoms with Crippen molar-refractivity contribution in [3.8, 4) is 0 Å². The molecule has 1 atom stereocenters. The highest BCUT2D eigenvalue weighted by atomic mass is 127. The summed E-state index contributed by atoms with van der Waals surface area (Å²) in [6.45, 7) is 4.76. The van der Waals surface area contributed by atoms with Crippen molar-refractivity contribution >= 4 is 52.2 Å². The average molecular weight is 456 g/mol. The van der Waals surface area contributed by atoms with E-state index in [1.54, 1.807) is 18.4 Å². The Balaban J connectivity index is 0.00000208. The molecule has 0 spiro atoms. The van der Waals surface area contributed by atoms with Crippen molar-refractivity contribution in [2.75, 3.05) is 7.05 Å². The molecule has 0 fully saturated rings. The molecule has 1 aromatic carbocycles. The van der Waals surface area contributed by atoms with Gasteiger partial charge in [-0.3, -0.25) is 4.99 Å². The number of furan rings is 1. The lowest BCUT2D eigenvalue weighted by Crippen LogP contribution is -2.38. The molecular formula is C17H21IN4OS. The minimum Gasteiger partial charge on any atom is -0.459 e. The Morgan fingerprint density at radius 3 is 2.83 bits per heavy atom. The number of rotatable bonds is 4. The van der Waals surface area contributed by atoms with Crippen molar-refractivity contribution in [3.05, 3.63) is 52.2 Å². The second-order valence-electron chi connectivity index (χ2n) is 5.34. The van der Waals surface area contributed by atoms with Gasteiger partial charge in [-0.1, -0.05) is 18.2 Å². The highest BCUT2D eigenvalue weighted by Crippen LogP contribution is 2.23. The number of aliphatic imine (C=N–C) groups is 1. The average Bonchev–Trinajstić information content (AvgIpc) is 3.17. The van der Waals surface area contributed by atoms with Gasteiger partial charge < -0.3 is 15.1 Å². The van der Waals surface area contributed by atoms with Gasteiger partial charge in [0.15, 0.2) is 5.96 Å². The first-order valence-corrected chi connectivity index (χ1v) is 8.34. The van der Waals surface area contributed by atoms with E-state index in [9.17, 15) is 0 Å². The highest BCUT2D eigenvalue weighted by molar-refractivity contribution is 14.0. The van der Waals surface area contributed by atoms with Crippen LogP contribution in [0.3, 0.4) is 0 Å². The van der Waals surface area contributed by atoms with E-state index >= 15 is 0 Å². The standard InChI is InChI=1S/C17H20N4OS.HI/c1-11-9-19-16(23-11)10-20-17(18-3)21-12(2)15-8-13-6-4-5-7-14(13)22-15;/h4-9,12H,10H2,1-3H3,(H2,18,20,21);1H. The zero-order valence-corrected chi connectivity index (χ0v) is 17.0. The Labute approximate surface area is 162 Å². The molecule has 128 valence electrons. The number of aryl methyl sites for hydroxylation is 1. The fourth-order valence-electron chi connectivity index (χ4n) is 2.33. The number of fused-ring (bicyclic) bond motifs is 1. The number of nitrogens with one attached hydrogen (secondary N) is 2. The second-order valence-corrected chi connectivity index (χ2v) is 6.66. The van der Waals surface area contributed by atoms with Gasteiger partial charge in [0.2, 0.25) is 0 Å². The Morgan fingerprint density at radius 1 is 1.38 bits per heavy atom. The molecule has 24 heavy (non-hydrogen) atoms. The Bertz CT molecular complexity index is 794. The molecule has 0 saturated heterocycles. The molecule has 3 aromatic rings. The first-order chi connectivity index (χ1) is 11.2. The largest absolute Gasteiger partial charge is 0.459 e. The van der Waals surface area contributed by atoms with E-state index in [2.05, 4.69) is 40.5 Å².